The number of hydrogen-bond donors (Lipinski definition) is 2. The number of aromatic amines is 1. The van der Waals surface area contributed by atoms with E-state index in [2.05, 4.69) is 10.3 Å². The summed E-state index contributed by atoms with van der Waals surface area (Å²) in [6.07, 6.45) is 3.36. The highest BCUT2D eigenvalue weighted by Gasteiger charge is 2.21. The van der Waals surface area contributed by atoms with E-state index in [9.17, 15) is 4.79 Å². The van der Waals surface area contributed by atoms with Crippen molar-refractivity contribution in [1.29, 1.82) is 0 Å². The minimum Gasteiger partial charge on any atom is -0.494 e. The molecule has 0 amide bonds. The van der Waals surface area contributed by atoms with Gasteiger partial charge in [-0.15, -0.1) is 0 Å². The summed E-state index contributed by atoms with van der Waals surface area (Å²) < 4.78 is 7.15. The summed E-state index contributed by atoms with van der Waals surface area (Å²) >= 11 is 0. The molecule has 3 rings (SSSR count). The van der Waals surface area contributed by atoms with Crippen molar-refractivity contribution >= 4 is 11.0 Å². The van der Waals surface area contributed by atoms with Gasteiger partial charge in [-0.3, -0.25) is 9.88 Å². The molecular weight excluding hydrogens is 230 g/mol. The lowest BCUT2D eigenvalue weighted by atomic mass is 10.1. The first-order valence-corrected chi connectivity index (χ1v) is 6.32. The Morgan fingerprint density at radius 2 is 2.28 bits per heavy atom. The van der Waals surface area contributed by atoms with Gasteiger partial charge in [-0.2, -0.15) is 0 Å². The van der Waals surface area contributed by atoms with Gasteiger partial charge >= 0.3 is 5.69 Å². The monoisotopic (exact) mass is 247 g/mol. The summed E-state index contributed by atoms with van der Waals surface area (Å²) in [6, 6.07) is 5.67. The smallest absolute Gasteiger partial charge is 0.327 e. The Hall–Kier alpha value is -1.75. The molecule has 18 heavy (non-hydrogen) atoms. The van der Waals surface area contributed by atoms with E-state index in [0.717, 1.165) is 36.2 Å². The number of H-pyrrole nitrogens is 1. The minimum atomic E-state index is -0.0751. The maximum Gasteiger partial charge on any atom is 0.327 e. The molecule has 1 atom stereocenters. The van der Waals surface area contributed by atoms with Crippen molar-refractivity contribution < 1.29 is 4.74 Å². The van der Waals surface area contributed by atoms with E-state index in [0.29, 0.717) is 0 Å². The molecule has 2 aromatic rings. The molecule has 1 unspecified atom stereocenters. The van der Waals surface area contributed by atoms with Crippen LogP contribution >= 0.6 is 0 Å². The molecule has 1 aromatic carbocycles. The number of hydrogen-bond acceptors (Lipinski definition) is 3. The van der Waals surface area contributed by atoms with Gasteiger partial charge in [0.1, 0.15) is 11.3 Å². The molecule has 0 aliphatic carbocycles. The van der Waals surface area contributed by atoms with Crippen LogP contribution in [0.2, 0.25) is 0 Å². The fraction of sp³-hybridized carbons (Fsp3) is 0.462. The summed E-state index contributed by atoms with van der Waals surface area (Å²) in [5, 5.41) is 3.39. The lowest BCUT2D eigenvalue weighted by molar-refractivity contribution is 0.318. The predicted molar refractivity (Wildman–Crippen MR) is 70.0 cm³/mol. The van der Waals surface area contributed by atoms with Crippen LogP contribution in [-0.4, -0.2) is 23.2 Å². The lowest BCUT2D eigenvalue weighted by Gasteiger charge is -2.24. The quantitative estimate of drug-likeness (QED) is 0.847. The molecule has 2 N–H and O–H groups in total. The maximum atomic E-state index is 12.1. The Bertz CT molecular complexity index is 608. The summed E-state index contributed by atoms with van der Waals surface area (Å²) in [5.41, 5.74) is 1.60. The Labute approximate surface area is 105 Å². The largest absolute Gasteiger partial charge is 0.494 e. The highest BCUT2D eigenvalue weighted by atomic mass is 16.5. The standard InChI is InChI=1S/C13H17N3O2/c1-18-10-6-4-5-9-12(10)16(13(17)15-9)11-7-2-3-8-14-11/h4-6,11,14H,2-3,7-8H2,1H3,(H,15,17). The van der Waals surface area contributed by atoms with Crippen molar-refractivity contribution in [2.45, 2.75) is 25.4 Å². The fourth-order valence-electron chi connectivity index (χ4n) is 2.66. The number of fused-ring (bicyclic) bond motifs is 1. The first kappa shape index (κ1) is 11.3. The van der Waals surface area contributed by atoms with Crippen molar-refractivity contribution in [2.24, 2.45) is 0 Å². The zero-order valence-electron chi connectivity index (χ0n) is 10.4. The minimum absolute atomic E-state index is 0.0660. The van der Waals surface area contributed by atoms with Crippen LogP contribution in [-0.2, 0) is 0 Å². The Balaban J connectivity index is 2.20. The molecule has 0 radical (unpaired) electrons. The van der Waals surface area contributed by atoms with Gasteiger partial charge in [-0.05, 0) is 37.9 Å². The first-order valence-electron chi connectivity index (χ1n) is 6.32. The van der Waals surface area contributed by atoms with E-state index in [1.807, 2.05) is 18.2 Å². The Morgan fingerprint density at radius 3 is 3.00 bits per heavy atom. The molecule has 0 spiro atoms. The Kier molecular flexibility index (Phi) is 2.83. The number of nitrogens with one attached hydrogen (secondary N) is 2. The van der Waals surface area contributed by atoms with Crippen molar-refractivity contribution in [3.8, 4) is 5.75 Å². The number of rotatable bonds is 2. The van der Waals surface area contributed by atoms with Crippen LogP contribution in [0.5, 0.6) is 5.75 Å². The van der Waals surface area contributed by atoms with E-state index in [1.165, 1.54) is 6.42 Å². The van der Waals surface area contributed by atoms with Gasteiger partial charge in [0.05, 0.1) is 18.8 Å². The zero-order valence-corrected chi connectivity index (χ0v) is 10.4. The first-order chi connectivity index (χ1) is 8.81. The molecule has 2 heterocycles. The van der Waals surface area contributed by atoms with Crippen LogP contribution in [0.15, 0.2) is 23.0 Å². The molecule has 1 fully saturated rings. The van der Waals surface area contributed by atoms with Crippen LogP contribution in [0.1, 0.15) is 25.4 Å². The number of ether oxygens (including phenoxy) is 1. The summed E-state index contributed by atoms with van der Waals surface area (Å²) in [4.78, 5) is 15.0. The third kappa shape index (κ3) is 1.71. The van der Waals surface area contributed by atoms with Gasteiger partial charge in [0.25, 0.3) is 0 Å². The number of nitrogens with zero attached hydrogens (tertiary/aromatic N) is 1. The molecule has 5 nitrogen and oxygen atoms in total. The second-order valence-electron chi connectivity index (χ2n) is 4.62. The third-order valence-corrected chi connectivity index (χ3v) is 3.52. The molecular formula is C13H17N3O2. The predicted octanol–water partition coefficient (Wildman–Crippen LogP) is 1.61. The average molecular weight is 247 g/mol. The van der Waals surface area contributed by atoms with E-state index >= 15 is 0 Å². The normalized spacial score (nSPS) is 20.2. The van der Waals surface area contributed by atoms with Gasteiger partial charge in [-0.1, -0.05) is 6.07 Å². The molecule has 96 valence electrons. The molecule has 1 aliphatic heterocycles. The molecule has 0 bridgehead atoms. The maximum absolute atomic E-state index is 12.1. The van der Waals surface area contributed by atoms with E-state index in [1.54, 1.807) is 11.7 Å². The summed E-state index contributed by atoms with van der Waals surface area (Å²) in [7, 11) is 1.63. The van der Waals surface area contributed by atoms with Gasteiger partial charge in [-0.25, -0.2) is 4.79 Å². The number of benzene rings is 1. The van der Waals surface area contributed by atoms with E-state index < -0.39 is 0 Å². The van der Waals surface area contributed by atoms with Gasteiger partial charge in [0, 0.05) is 0 Å². The third-order valence-electron chi connectivity index (χ3n) is 3.52. The second-order valence-corrected chi connectivity index (χ2v) is 4.62. The number of imidazole rings is 1. The fourth-order valence-corrected chi connectivity index (χ4v) is 2.66. The SMILES string of the molecule is COc1cccc2[nH]c(=O)n(C3CCCCN3)c12. The number of para-hydroxylation sites is 1. The number of piperidine rings is 1. The highest BCUT2D eigenvalue weighted by molar-refractivity contribution is 5.82. The highest BCUT2D eigenvalue weighted by Crippen LogP contribution is 2.27. The molecule has 1 aromatic heterocycles. The molecule has 0 saturated carbocycles. The topological polar surface area (TPSA) is 59.1 Å². The second kappa shape index (κ2) is 4.49. The summed E-state index contributed by atoms with van der Waals surface area (Å²) in [6.45, 7) is 0.957. The van der Waals surface area contributed by atoms with E-state index in [-0.39, 0.29) is 11.9 Å². The summed E-state index contributed by atoms with van der Waals surface area (Å²) in [5.74, 6) is 0.734. The van der Waals surface area contributed by atoms with Crippen molar-refractivity contribution in [3.05, 3.63) is 28.7 Å². The number of methoxy groups -OCH3 is 1. The van der Waals surface area contributed by atoms with Gasteiger partial charge in [0.2, 0.25) is 0 Å². The van der Waals surface area contributed by atoms with Crippen molar-refractivity contribution in [1.82, 2.24) is 14.9 Å². The Morgan fingerprint density at radius 1 is 1.39 bits per heavy atom. The van der Waals surface area contributed by atoms with Crippen molar-refractivity contribution in [3.63, 3.8) is 0 Å². The van der Waals surface area contributed by atoms with Crippen LogP contribution in [0.4, 0.5) is 0 Å². The van der Waals surface area contributed by atoms with E-state index in [4.69, 9.17) is 4.74 Å². The number of aromatic nitrogens is 2. The lowest BCUT2D eigenvalue weighted by Crippen LogP contribution is -2.36. The molecule has 1 aliphatic rings. The van der Waals surface area contributed by atoms with Crippen LogP contribution in [0.25, 0.3) is 11.0 Å². The molecule has 5 heteroatoms. The molecule has 1 saturated heterocycles. The van der Waals surface area contributed by atoms with Crippen LogP contribution in [0, 0.1) is 0 Å². The van der Waals surface area contributed by atoms with Gasteiger partial charge in [0.15, 0.2) is 0 Å². The average Bonchev–Trinajstić information content (AvgIpc) is 2.75. The van der Waals surface area contributed by atoms with Gasteiger partial charge < -0.3 is 9.72 Å². The van der Waals surface area contributed by atoms with Crippen LogP contribution in [0.3, 0.4) is 0 Å². The van der Waals surface area contributed by atoms with Crippen LogP contribution < -0.4 is 15.7 Å². The zero-order chi connectivity index (χ0) is 12.5. The van der Waals surface area contributed by atoms with Crippen molar-refractivity contribution in [2.75, 3.05) is 13.7 Å².